The van der Waals surface area contributed by atoms with Gasteiger partial charge in [-0.15, -0.1) is 0 Å². The molecule has 2 amide bonds. The molecule has 3 rings (SSSR count). The molecule has 1 aliphatic carbocycles. The molecule has 2 aromatic rings. The summed E-state index contributed by atoms with van der Waals surface area (Å²) in [5.41, 5.74) is 3.80. The number of amides is 2. The third-order valence-corrected chi connectivity index (χ3v) is 5.32. The lowest BCUT2D eigenvalue weighted by molar-refractivity contribution is -0.140. The first-order chi connectivity index (χ1) is 15.6. The fourth-order valence-electron chi connectivity index (χ4n) is 4.06. The molecule has 3 N–H and O–H groups in total. The molecule has 0 fully saturated rings. The molecular weight excluding hydrogens is 424 g/mol. The number of alkyl carbamates (subject to hydrolysis) is 1. The van der Waals surface area contributed by atoms with Crippen molar-refractivity contribution in [3.8, 4) is 11.1 Å². The number of rotatable bonds is 8. The smallest absolute Gasteiger partial charge is 0.407 e. The molecule has 0 saturated heterocycles. The van der Waals surface area contributed by atoms with Crippen LogP contribution in [0.1, 0.15) is 44.7 Å². The minimum Gasteiger partial charge on any atom is -0.480 e. The zero-order valence-electron chi connectivity index (χ0n) is 19.3. The zero-order chi connectivity index (χ0) is 24.2. The lowest BCUT2D eigenvalue weighted by Crippen LogP contribution is -2.55. The Morgan fingerprint density at radius 3 is 2.06 bits per heavy atom. The van der Waals surface area contributed by atoms with E-state index in [1.165, 1.54) is 0 Å². The van der Waals surface area contributed by atoms with Gasteiger partial charge in [-0.05, 0) is 49.9 Å². The zero-order valence-corrected chi connectivity index (χ0v) is 19.3. The number of benzene rings is 2. The molecule has 2 atom stereocenters. The third kappa shape index (κ3) is 6.10. The molecule has 0 aliphatic heterocycles. The largest absolute Gasteiger partial charge is 0.480 e. The van der Waals surface area contributed by atoms with E-state index in [1.807, 2.05) is 69.3 Å². The standard InChI is InChI=1S/C25H30N2O6/c1-15(33-25(2,3)4)22(23(30)26-13-21(28)29)27-24(31)32-14-20-18-11-7-5-9-16(18)17-10-6-8-12-19(17)20/h5-12,15,20,22H,13-14H2,1-4H3,(H,26,30)(H,27,31)(H,28,29)/t15-,22+/m1/s1. The Morgan fingerprint density at radius 2 is 1.55 bits per heavy atom. The van der Waals surface area contributed by atoms with Crippen molar-refractivity contribution in [2.75, 3.05) is 13.2 Å². The quantitative estimate of drug-likeness (QED) is 0.564. The van der Waals surface area contributed by atoms with Crippen molar-refractivity contribution < 1.29 is 29.0 Å². The second-order valence-corrected chi connectivity index (χ2v) is 8.99. The Labute approximate surface area is 193 Å². The highest BCUT2D eigenvalue weighted by molar-refractivity contribution is 5.88. The summed E-state index contributed by atoms with van der Waals surface area (Å²) in [7, 11) is 0. The van der Waals surface area contributed by atoms with E-state index in [1.54, 1.807) is 6.92 Å². The monoisotopic (exact) mass is 454 g/mol. The highest BCUT2D eigenvalue weighted by Crippen LogP contribution is 2.44. The number of hydrogen-bond acceptors (Lipinski definition) is 5. The second kappa shape index (κ2) is 10.0. The molecule has 8 heteroatoms. The minimum atomic E-state index is -1.19. The molecule has 0 bridgehead atoms. The van der Waals surface area contributed by atoms with Crippen molar-refractivity contribution in [3.05, 3.63) is 59.7 Å². The maximum atomic E-state index is 12.7. The SMILES string of the molecule is C[C@@H](OC(C)(C)C)[C@H](NC(=O)OCC1c2ccccc2-c2ccccc21)C(=O)NCC(=O)O. The number of carboxylic acid groups (broad SMARTS) is 1. The van der Waals surface area contributed by atoms with Crippen molar-refractivity contribution in [2.24, 2.45) is 0 Å². The third-order valence-electron chi connectivity index (χ3n) is 5.32. The Morgan fingerprint density at radius 1 is 1.00 bits per heavy atom. The number of carbonyl (C=O) groups excluding carboxylic acids is 2. The maximum absolute atomic E-state index is 12.7. The summed E-state index contributed by atoms with van der Waals surface area (Å²) in [4.78, 5) is 36.1. The van der Waals surface area contributed by atoms with Crippen molar-refractivity contribution >= 4 is 18.0 Å². The molecule has 0 saturated carbocycles. The fourth-order valence-corrected chi connectivity index (χ4v) is 4.06. The first kappa shape index (κ1) is 24.3. The van der Waals surface area contributed by atoms with Crippen molar-refractivity contribution in [1.29, 1.82) is 0 Å². The van der Waals surface area contributed by atoms with Crippen LogP contribution in [0.25, 0.3) is 11.1 Å². The fraction of sp³-hybridized carbons (Fsp3) is 0.400. The number of fused-ring (bicyclic) bond motifs is 3. The summed E-state index contributed by atoms with van der Waals surface area (Å²) in [6.07, 6.45) is -1.50. The van der Waals surface area contributed by atoms with Gasteiger partial charge in [0, 0.05) is 5.92 Å². The predicted octanol–water partition coefficient (Wildman–Crippen LogP) is 3.30. The van der Waals surface area contributed by atoms with Gasteiger partial charge in [0.2, 0.25) is 5.91 Å². The Balaban J connectivity index is 1.70. The van der Waals surface area contributed by atoms with E-state index in [2.05, 4.69) is 10.6 Å². The number of carboxylic acids is 1. The first-order valence-electron chi connectivity index (χ1n) is 10.9. The molecular formula is C25H30N2O6. The van der Waals surface area contributed by atoms with Crippen LogP contribution in [-0.2, 0) is 19.1 Å². The molecule has 0 heterocycles. The van der Waals surface area contributed by atoms with E-state index in [4.69, 9.17) is 14.6 Å². The van der Waals surface area contributed by atoms with Crippen molar-refractivity contribution in [3.63, 3.8) is 0 Å². The van der Waals surface area contributed by atoms with Gasteiger partial charge >= 0.3 is 12.1 Å². The molecule has 0 spiro atoms. The van der Waals surface area contributed by atoms with Crippen molar-refractivity contribution in [1.82, 2.24) is 10.6 Å². The molecule has 33 heavy (non-hydrogen) atoms. The van der Waals surface area contributed by atoms with Crippen LogP contribution in [0.15, 0.2) is 48.5 Å². The van der Waals surface area contributed by atoms with E-state index in [-0.39, 0.29) is 12.5 Å². The summed E-state index contributed by atoms with van der Waals surface area (Å²) >= 11 is 0. The van der Waals surface area contributed by atoms with Crippen LogP contribution in [-0.4, -0.2) is 54.0 Å². The van der Waals surface area contributed by atoms with Gasteiger partial charge < -0.3 is 25.2 Å². The Kier molecular flexibility index (Phi) is 7.38. The van der Waals surface area contributed by atoms with Gasteiger partial charge in [-0.25, -0.2) is 4.79 Å². The van der Waals surface area contributed by atoms with Crippen molar-refractivity contribution in [2.45, 2.75) is 51.4 Å². The van der Waals surface area contributed by atoms with Crippen LogP contribution in [0.3, 0.4) is 0 Å². The second-order valence-electron chi connectivity index (χ2n) is 8.99. The van der Waals surface area contributed by atoms with E-state index >= 15 is 0 Å². The van der Waals surface area contributed by atoms with E-state index in [9.17, 15) is 14.4 Å². The van der Waals surface area contributed by atoms with E-state index < -0.39 is 42.3 Å². The average molecular weight is 455 g/mol. The van der Waals surface area contributed by atoms with Gasteiger partial charge in [-0.1, -0.05) is 48.5 Å². The van der Waals surface area contributed by atoms with Crippen LogP contribution in [0, 0.1) is 0 Å². The van der Waals surface area contributed by atoms with Crippen LogP contribution in [0.5, 0.6) is 0 Å². The Hall–Kier alpha value is -3.39. The first-order valence-corrected chi connectivity index (χ1v) is 10.9. The van der Waals surface area contributed by atoms with Gasteiger partial charge in [0.1, 0.15) is 19.2 Å². The lowest BCUT2D eigenvalue weighted by atomic mass is 9.98. The Bertz CT molecular complexity index is 984. The van der Waals surface area contributed by atoms with Gasteiger partial charge in [-0.3, -0.25) is 9.59 Å². The topological polar surface area (TPSA) is 114 Å². The van der Waals surface area contributed by atoms with Gasteiger partial charge in [-0.2, -0.15) is 0 Å². The maximum Gasteiger partial charge on any atom is 0.407 e. The minimum absolute atomic E-state index is 0.0951. The molecule has 1 aliphatic rings. The highest BCUT2D eigenvalue weighted by Gasteiger charge is 2.33. The lowest BCUT2D eigenvalue weighted by Gasteiger charge is -2.30. The van der Waals surface area contributed by atoms with Gasteiger partial charge in [0.15, 0.2) is 0 Å². The number of carbonyl (C=O) groups is 3. The highest BCUT2D eigenvalue weighted by atomic mass is 16.6. The molecule has 2 aromatic carbocycles. The van der Waals surface area contributed by atoms with E-state index in [0.717, 1.165) is 22.3 Å². The summed E-state index contributed by atoms with van der Waals surface area (Å²) in [5.74, 6) is -1.97. The number of hydrogen-bond donors (Lipinski definition) is 3. The van der Waals surface area contributed by atoms with E-state index in [0.29, 0.717) is 0 Å². The van der Waals surface area contributed by atoms with Crippen LogP contribution < -0.4 is 10.6 Å². The average Bonchev–Trinajstić information content (AvgIpc) is 3.07. The van der Waals surface area contributed by atoms with Crippen LogP contribution >= 0.6 is 0 Å². The summed E-state index contributed by atoms with van der Waals surface area (Å²) in [6, 6.07) is 14.8. The number of nitrogens with one attached hydrogen (secondary N) is 2. The molecule has 0 unspecified atom stereocenters. The summed E-state index contributed by atoms with van der Waals surface area (Å²) < 4.78 is 11.3. The van der Waals surface area contributed by atoms with Crippen LogP contribution in [0.2, 0.25) is 0 Å². The molecule has 8 nitrogen and oxygen atoms in total. The van der Waals surface area contributed by atoms with Crippen LogP contribution in [0.4, 0.5) is 4.79 Å². The molecule has 0 radical (unpaired) electrons. The van der Waals surface area contributed by atoms with Gasteiger partial charge in [0.05, 0.1) is 11.7 Å². The van der Waals surface area contributed by atoms with Gasteiger partial charge in [0.25, 0.3) is 0 Å². The number of ether oxygens (including phenoxy) is 2. The normalized spacial score (nSPS) is 14.5. The summed E-state index contributed by atoms with van der Waals surface area (Å²) in [6.45, 7) is 6.64. The molecule has 176 valence electrons. The summed E-state index contributed by atoms with van der Waals surface area (Å²) in [5, 5.41) is 13.7. The predicted molar refractivity (Wildman–Crippen MR) is 123 cm³/mol. The number of aliphatic carboxylic acids is 1. The molecule has 0 aromatic heterocycles.